The van der Waals surface area contributed by atoms with Crippen molar-refractivity contribution in [2.24, 2.45) is 0 Å². The van der Waals surface area contributed by atoms with Crippen LogP contribution in [0.4, 0.5) is 13.9 Å². The molecule has 78 valence electrons. The fourth-order valence-electron chi connectivity index (χ4n) is 1.29. The molecule has 0 saturated heterocycles. The Hall–Kier alpha value is -1.49. The molecule has 0 aliphatic carbocycles. The van der Waals surface area contributed by atoms with Crippen LogP contribution in [0.2, 0.25) is 0 Å². The second-order valence-corrected chi connectivity index (χ2v) is 4.18. The molecule has 5 heteroatoms. The van der Waals surface area contributed by atoms with Gasteiger partial charge in [0.15, 0.2) is 5.13 Å². The third kappa shape index (κ3) is 1.70. The molecule has 0 aliphatic heterocycles. The van der Waals surface area contributed by atoms with Gasteiger partial charge in [-0.25, -0.2) is 13.8 Å². The molecule has 2 aromatic rings. The molecular formula is C10H8F2N2S. The fraction of sp³-hybridized carbons (Fsp3) is 0.100. The molecule has 0 unspecified atom stereocenters. The summed E-state index contributed by atoms with van der Waals surface area (Å²) in [6.07, 6.45) is 1.38. The Bertz CT molecular complexity index is 508. The Morgan fingerprint density at radius 3 is 2.67 bits per heavy atom. The van der Waals surface area contributed by atoms with Crippen molar-refractivity contribution in [1.29, 1.82) is 0 Å². The van der Waals surface area contributed by atoms with Crippen molar-refractivity contribution in [1.82, 2.24) is 4.98 Å². The number of aryl methyl sites for hydroxylation is 1. The van der Waals surface area contributed by atoms with Crippen molar-refractivity contribution in [3.63, 3.8) is 0 Å². The van der Waals surface area contributed by atoms with E-state index >= 15 is 0 Å². The molecule has 2 N–H and O–H groups in total. The van der Waals surface area contributed by atoms with Gasteiger partial charge in [-0.15, -0.1) is 0 Å². The molecular weight excluding hydrogens is 218 g/mol. The summed E-state index contributed by atoms with van der Waals surface area (Å²) >= 11 is 1.06. The van der Waals surface area contributed by atoms with Crippen molar-refractivity contribution >= 4 is 16.5 Å². The summed E-state index contributed by atoms with van der Waals surface area (Å²) in [5, 5.41) is 0.297. The molecule has 0 saturated carbocycles. The van der Waals surface area contributed by atoms with Crippen molar-refractivity contribution in [2.45, 2.75) is 6.92 Å². The van der Waals surface area contributed by atoms with Crippen LogP contribution in [-0.2, 0) is 0 Å². The molecule has 1 aromatic carbocycles. The van der Waals surface area contributed by atoms with Gasteiger partial charge in [0.25, 0.3) is 0 Å². The van der Waals surface area contributed by atoms with Crippen molar-refractivity contribution in [3.8, 4) is 10.4 Å². The minimum Gasteiger partial charge on any atom is -0.375 e. The van der Waals surface area contributed by atoms with E-state index in [9.17, 15) is 8.78 Å². The molecule has 0 spiro atoms. The minimum absolute atomic E-state index is 0.0517. The maximum absolute atomic E-state index is 13.7. The van der Waals surface area contributed by atoms with Crippen LogP contribution >= 0.6 is 11.3 Å². The van der Waals surface area contributed by atoms with Gasteiger partial charge in [-0.05, 0) is 18.6 Å². The van der Waals surface area contributed by atoms with E-state index in [0.717, 1.165) is 11.3 Å². The lowest BCUT2D eigenvalue weighted by molar-refractivity contribution is 0.584. The number of anilines is 1. The molecule has 2 nitrogen and oxygen atoms in total. The zero-order valence-corrected chi connectivity index (χ0v) is 8.74. The normalized spacial score (nSPS) is 10.6. The third-order valence-corrected chi connectivity index (χ3v) is 2.90. The van der Waals surface area contributed by atoms with Crippen molar-refractivity contribution < 1.29 is 8.78 Å². The van der Waals surface area contributed by atoms with Gasteiger partial charge in [0.05, 0.1) is 10.4 Å². The average Bonchev–Trinajstić information content (AvgIpc) is 2.59. The third-order valence-electron chi connectivity index (χ3n) is 2.05. The SMILES string of the molecule is Cc1ccc(F)c(-c2cnc(N)s2)c1F. The largest absolute Gasteiger partial charge is 0.375 e. The van der Waals surface area contributed by atoms with Crippen LogP contribution in [0.25, 0.3) is 10.4 Å². The summed E-state index contributed by atoms with van der Waals surface area (Å²) in [6, 6.07) is 2.64. The van der Waals surface area contributed by atoms with Gasteiger partial charge >= 0.3 is 0 Å². The van der Waals surface area contributed by atoms with Gasteiger partial charge in [0, 0.05) is 6.20 Å². The topological polar surface area (TPSA) is 38.9 Å². The highest BCUT2D eigenvalue weighted by Gasteiger charge is 2.15. The molecule has 0 fully saturated rings. The smallest absolute Gasteiger partial charge is 0.180 e. The van der Waals surface area contributed by atoms with Crippen LogP contribution in [0, 0.1) is 18.6 Å². The van der Waals surface area contributed by atoms with Crippen molar-refractivity contribution in [2.75, 3.05) is 5.73 Å². The van der Waals surface area contributed by atoms with Crippen LogP contribution < -0.4 is 5.73 Å². The quantitative estimate of drug-likeness (QED) is 0.811. The second kappa shape index (κ2) is 3.58. The Morgan fingerprint density at radius 2 is 2.07 bits per heavy atom. The van der Waals surface area contributed by atoms with Crippen molar-refractivity contribution in [3.05, 3.63) is 35.5 Å². The maximum Gasteiger partial charge on any atom is 0.180 e. The summed E-state index contributed by atoms with van der Waals surface area (Å²) < 4.78 is 27.1. The van der Waals surface area contributed by atoms with Crippen LogP contribution in [0.15, 0.2) is 18.3 Å². The first-order valence-electron chi connectivity index (χ1n) is 4.26. The predicted octanol–water partition coefficient (Wildman–Crippen LogP) is 2.98. The van der Waals surface area contributed by atoms with E-state index in [1.54, 1.807) is 6.92 Å². The van der Waals surface area contributed by atoms with Gasteiger partial charge in [0.2, 0.25) is 0 Å². The Kier molecular flexibility index (Phi) is 2.40. The number of thiazole rings is 1. The van der Waals surface area contributed by atoms with Crippen LogP contribution in [0.5, 0.6) is 0 Å². The number of hydrogen-bond acceptors (Lipinski definition) is 3. The van der Waals surface area contributed by atoms with Gasteiger partial charge < -0.3 is 5.73 Å². The maximum atomic E-state index is 13.7. The van der Waals surface area contributed by atoms with E-state index < -0.39 is 11.6 Å². The van der Waals surface area contributed by atoms with E-state index in [1.165, 1.54) is 18.3 Å². The summed E-state index contributed by atoms with van der Waals surface area (Å²) in [4.78, 5) is 4.18. The highest BCUT2D eigenvalue weighted by atomic mass is 32.1. The first-order valence-corrected chi connectivity index (χ1v) is 5.07. The minimum atomic E-state index is -0.596. The first kappa shape index (κ1) is 10.0. The lowest BCUT2D eigenvalue weighted by Crippen LogP contribution is -1.91. The van der Waals surface area contributed by atoms with E-state index in [-0.39, 0.29) is 5.56 Å². The Labute approximate surface area is 89.4 Å². The van der Waals surface area contributed by atoms with Crippen LogP contribution in [0.1, 0.15) is 5.56 Å². The highest BCUT2D eigenvalue weighted by Crippen LogP contribution is 2.32. The van der Waals surface area contributed by atoms with Crippen LogP contribution in [0.3, 0.4) is 0 Å². The predicted molar refractivity (Wildman–Crippen MR) is 56.6 cm³/mol. The standard InChI is InChI=1S/C10H8F2N2S/c1-5-2-3-6(11)8(9(5)12)7-4-14-10(13)15-7/h2-4H,1H3,(H2,13,14). The Morgan fingerprint density at radius 1 is 1.33 bits per heavy atom. The molecule has 1 aromatic heterocycles. The molecule has 1 heterocycles. The molecule has 0 atom stereocenters. The first-order chi connectivity index (χ1) is 7.09. The number of nitrogen functional groups attached to an aromatic ring is 1. The number of halogens is 2. The molecule has 15 heavy (non-hydrogen) atoms. The van der Waals surface area contributed by atoms with Gasteiger partial charge in [-0.1, -0.05) is 17.4 Å². The summed E-state index contributed by atoms with van der Waals surface area (Å²) in [5.74, 6) is -1.15. The lowest BCUT2D eigenvalue weighted by Gasteiger charge is -2.03. The highest BCUT2D eigenvalue weighted by molar-refractivity contribution is 7.18. The second-order valence-electron chi connectivity index (χ2n) is 3.12. The fourth-order valence-corrected chi connectivity index (χ4v) is 2.01. The monoisotopic (exact) mass is 226 g/mol. The van der Waals surface area contributed by atoms with Gasteiger partial charge in [-0.2, -0.15) is 0 Å². The van der Waals surface area contributed by atoms with E-state index in [4.69, 9.17) is 5.73 Å². The van der Waals surface area contributed by atoms with Crippen LogP contribution in [-0.4, -0.2) is 4.98 Å². The average molecular weight is 226 g/mol. The van der Waals surface area contributed by atoms with Gasteiger partial charge in [0.1, 0.15) is 11.6 Å². The number of aromatic nitrogens is 1. The number of nitrogens with zero attached hydrogens (tertiary/aromatic N) is 1. The molecule has 2 rings (SSSR count). The zero-order valence-electron chi connectivity index (χ0n) is 7.92. The summed E-state index contributed by atoms with van der Waals surface area (Å²) in [7, 11) is 0. The molecule has 0 bridgehead atoms. The number of nitrogens with two attached hydrogens (primary N) is 1. The zero-order chi connectivity index (χ0) is 11.0. The molecule has 0 aliphatic rings. The lowest BCUT2D eigenvalue weighted by atomic mass is 10.1. The van der Waals surface area contributed by atoms with E-state index in [2.05, 4.69) is 4.98 Å². The Balaban J connectivity index is 2.66. The van der Waals surface area contributed by atoms with Gasteiger partial charge in [-0.3, -0.25) is 0 Å². The number of rotatable bonds is 1. The number of hydrogen-bond donors (Lipinski definition) is 1. The van der Waals surface area contributed by atoms with E-state index in [1.807, 2.05) is 0 Å². The number of benzene rings is 1. The molecule has 0 radical (unpaired) electrons. The summed E-state index contributed by atoms with van der Waals surface area (Å²) in [6.45, 7) is 1.59. The molecule has 0 amide bonds. The summed E-state index contributed by atoms with van der Waals surface area (Å²) in [5.41, 5.74) is 5.77. The van der Waals surface area contributed by atoms with E-state index in [0.29, 0.717) is 15.6 Å².